The fourth-order valence-electron chi connectivity index (χ4n) is 1.28. The van der Waals surface area contributed by atoms with Crippen LogP contribution in [-0.4, -0.2) is 9.81 Å². The van der Waals surface area contributed by atoms with Crippen molar-refractivity contribution in [3.8, 4) is 0 Å². The normalized spacial score (nSPS) is 15.6. The Kier molecular flexibility index (Phi) is 2.88. The molecular weight excluding hydrogens is 258 g/mol. The van der Waals surface area contributed by atoms with E-state index in [0.717, 1.165) is 5.52 Å². The molecule has 0 bridgehead atoms. The molecule has 0 aliphatic carbocycles. The van der Waals surface area contributed by atoms with Crippen LogP contribution in [0.3, 0.4) is 0 Å². The molecule has 2 unspecified atom stereocenters. The minimum absolute atomic E-state index is 0.475. The Balaban J connectivity index is 2.45. The largest absolute Gasteiger partial charge is 0.241 e. The van der Waals surface area contributed by atoms with Gasteiger partial charge in [-0.2, -0.15) is 0 Å². The summed E-state index contributed by atoms with van der Waals surface area (Å²) in [5.74, 6) is 0.479. The Morgan fingerprint density at radius 1 is 1.29 bits per heavy atom. The van der Waals surface area contributed by atoms with Gasteiger partial charge in [-0.05, 0) is 12.1 Å². The van der Waals surface area contributed by atoms with Gasteiger partial charge >= 0.3 is 0 Å². The van der Waals surface area contributed by atoms with Crippen LogP contribution in [0.1, 0.15) is 24.8 Å². The molecule has 74 valence electrons. The number of hydrogen-bond acceptors (Lipinski definition) is 2. The molecule has 2 atom stereocenters. The number of thiazole rings is 1. The van der Waals surface area contributed by atoms with Crippen LogP contribution in [0, 0.1) is 0 Å². The molecule has 0 fully saturated rings. The summed E-state index contributed by atoms with van der Waals surface area (Å²) in [7, 11) is 0. The van der Waals surface area contributed by atoms with E-state index >= 15 is 0 Å². The van der Waals surface area contributed by atoms with Crippen LogP contribution in [0.15, 0.2) is 24.3 Å². The number of benzene rings is 1. The summed E-state index contributed by atoms with van der Waals surface area (Å²) in [6.45, 7) is 4.37. The predicted molar refractivity (Wildman–Crippen MR) is 66.4 cm³/mol. The third kappa shape index (κ3) is 1.84. The van der Waals surface area contributed by atoms with Gasteiger partial charge < -0.3 is 0 Å². The lowest BCUT2D eigenvalue weighted by molar-refractivity contribution is 0.756. The first-order chi connectivity index (χ1) is 6.68. The highest BCUT2D eigenvalue weighted by Gasteiger charge is 2.15. The van der Waals surface area contributed by atoms with Crippen molar-refractivity contribution in [3.63, 3.8) is 0 Å². The Hall–Kier alpha value is -0.410. The van der Waals surface area contributed by atoms with Gasteiger partial charge in [-0.15, -0.1) is 11.3 Å². The summed E-state index contributed by atoms with van der Waals surface area (Å²) < 4.78 is 1.28. The number of alkyl halides is 1. The summed E-state index contributed by atoms with van der Waals surface area (Å²) >= 11 is 5.39. The second-order valence-electron chi connectivity index (χ2n) is 3.49. The lowest BCUT2D eigenvalue weighted by atomic mass is 10.1. The number of aromatic nitrogens is 1. The van der Waals surface area contributed by atoms with Crippen LogP contribution in [-0.2, 0) is 0 Å². The molecule has 2 rings (SSSR count). The van der Waals surface area contributed by atoms with Crippen molar-refractivity contribution in [2.24, 2.45) is 0 Å². The van der Waals surface area contributed by atoms with Gasteiger partial charge in [-0.1, -0.05) is 41.9 Å². The molecule has 0 amide bonds. The average Bonchev–Trinajstić information content (AvgIpc) is 2.59. The van der Waals surface area contributed by atoms with E-state index in [1.807, 2.05) is 6.07 Å². The van der Waals surface area contributed by atoms with E-state index < -0.39 is 0 Å². The number of halogens is 1. The second kappa shape index (κ2) is 3.99. The monoisotopic (exact) mass is 269 g/mol. The van der Waals surface area contributed by atoms with Crippen molar-refractivity contribution in [2.45, 2.75) is 24.6 Å². The van der Waals surface area contributed by atoms with Gasteiger partial charge in [0.2, 0.25) is 0 Å². The van der Waals surface area contributed by atoms with Gasteiger partial charge in [0, 0.05) is 10.7 Å². The van der Waals surface area contributed by atoms with Crippen molar-refractivity contribution < 1.29 is 0 Å². The molecule has 1 nitrogen and oxygen atoms in total. The first kappa shape index (κ1) is 10.1. The summed E-state index contributed by atoms with van der Waals surface area (Å²) in [5.41, 5.74) is 1.12. The Morgan fingerprint density at radius 3 is 2.64 bits per heavy atom. The molecule has 0 aliphatic rings. The van der Waals surface area contributed by atoms with E-state index in [2.05, 4.69) is 53.0 Å². The van der Waals surface area contributed by atoms with Crippen molar-refractivity contribution in [2.75, 3.05) is 0 Å². The van der Waals surface area contributed by atoms with Crippen LogP contribution in [0.25, 0.3) is 10.2 Å². The molecule has 1 aromatic heterocycles. The highest BCUT2D eigenvalue weighted by atomic mass is 79.9. The fourth-order valence-corrected chi connectivity index (χ4v) is 2.83. The molecule has 3 heteroatoms. The van der Waals surface area contributed by atoms with E-state index in [-0.39, 0.29) is 0 Å². The maximum atomic E-state index is 4.62. The van der Waals surface area contributed by atoms with Gasteiger partial charge in [-0.25, -0.2) is 4.98 Å². The molecule has 2 aromatic rings. The predicted octanol–water partition coefficient (Wildman–Crippen LogP) is 4.18. The summed E-state index contributed by atoms with van der Waals surface area (Å²) in [5, 5.41) is 1.22. The molecule has 0 saturated heterocycles. The maximum absolute atomic E-state index is 4.62. The minimum Gasteiger partial charge on any atom is -0.241 e. The smallest absolute Gasteiger partial charge is 0.0977 e. The lowest BCUT2D eigenvalue weighted by Gasteiger charge is -2.09. The van der Waals surface area contributed by atoms with Crippen molar-refractivity contribution >= 4 is 37.5 Å². The first-order valence-corrected chi connectivity index (χ1v) is 6.41. The molecular formula is C11H12BrNS. The molecule has 14 heavy (non-hydrogen) atoms. The number of fused-ring (bicyclic) bond motifs is 1. The molecule has 0 saturated carbocycles. The quantitative estimate of drug-likeness (QED) is 0.746. The SMILES string of the molecule is CC(Br)C(C)c1nc2ccccc2s1. The molecule has 0 aliphatic heterocycles. The Bertz CT molecular complexity index is 403. The third-order valence-electron chi connectivity index (χ3n) is 2.39. The zero-order valence-electron chi connectivity index (χ0n) is 8.20. The molecule has 0 N–H and O–H groups in total. The standard InChI is InChI=1S/C11H12BrNS/c1-7(8(2)12)11-13-9-5-3-4-6-10(9)14-11/h3-8H,1-2H3. The highest BCUT2D eigenvalue weighted by Crippen LogP contribution is 2.31. The van der Waals surface area contributed by atoms with Crippen molar-refractivity contribution in [1.29, 1.82) is 0 Å². The minimum atomic E-state index is 0.475. The summed E-state index contributed by atoms with van der Waals surface area (Å²) in [6, 6.07) is 8.30. The van der Waals surface area contributed by atoms with Crippen molar-refractivity contribution in [3.05, 3.63) is 29.3 Å². The summed E-state index contributed by atoms with van der Waals surface area (Å²) in [6.07, 6.45) is 0. The van der Waals surface area contributed by atoms with E-state index in [1.54, 1.807) is 11.3 Å². The summed E-state index contributed by atoms with van der Waals surface area (Å²) in [4.78, 5) is 5.10. The topological polar surface area (TPSA) is 12.9 Å². The number of nitrogens with zero attached hydrogens (tertiary/aromatic N) is 1. The molecule has 0 spiro atoms. The average molecular weight is 270 g/mol. The van der Waals surface area contributed by atoms with Crippen LogP contribution >= 0.6 is 27.3 Å². The van der Waals surface area contributed by atoms with Gasteiger partial charge in [0.25, 0.3) is 0 Å². The van der Waals surface area contributed by atoms with Gasteiger partial charge in [0.15, 0.2) is 0 Å². The molecule has 1 aromatic carbocycles. The van der Waals surface area contributed by atoms with Crippen molar-refractivity contribution in [1.82, 2.24) is 4.98 Å². The highest BCUT2D eigenvalue weighted by molar-refractivity contribution is 9.09. The van der Waals surface area contributed by atoms with E-state index in [0.29, 0.717) is 10.7 Å². The molecule has 0 radical (unpaired) electrons. The maximum Gasteiger partial charge on any atom is 0.0977 e. The number of para-hydroxylation sites is 1. The van der Waals surface area contributed by atoms with E-state index in [1.165, 1.54) is 9.71 Å². The van der Waals surface area contributed by atoms with Crippen LogP contribution in [0.2, 0.25) is 0 Å². The molecule has 1 heterocycles. The lowest BCUT2D eigenvalue weighted by Crippen LogP contribution is -2.03. The van der Waals surface area contributed by atoms with Crippen LogP contribution in [0.4, 0.5) is 0 Å². The van der Waals surface area contributed by atoms with Gasteiger partial charge in [0.1, 0.15) is 0 Å². The van der Waals surface area contributed by atoms with Crippen LogP contribution < -0.4 is 0 Å². The second-order valence-corrected chi connectivity index (χ2v) is 5.99. The zero-order chi connectivity index (χ0) is 10.1. The zero-order valence-corrected chi connectivity index (χ0v) is 10.6. The number of hydrogen-bond donors (Lipinski definition) is 0. The Morgan fingerprint density at radius 2 is 2.00 bits per heavy atom. The fraction of sp³-hybridized carbons (Fsp3) is 0.364. The number of rotatable bonds is 2. The van der Waals surface area contributed by atoms with Gasteiger partial charge in [-0.3, -0.25) is 0 Å². The Labute approximate surface area is 96.3 Å². The third-order valence-corrected chi connectivity index (χ3v) is 4.42. The van der Waals surface area contributed by atoms with E-state index in [9.17, 15) is 0 Å². The van der Waals surface area contributed by atoms with Gasteiger partial charge in [0.05, 0.1) is 15.2 Å². The van der Waals surface area contributed by atoms with E-state index in [4.69, 9.17) is 0 Å². The van der Waals surface area contributed by atoms with Crippen LogP contribution in [0.5, 0.6) is 0 Å². The first-order valence-electron chi connectivity index (χ1n) is 4.68.